The Labute approximate surface area is 110 Å². The summed E-state index contributed by atoms with van der Waals surface area (Å²) in [6.07, 6.45) is 7.01. The van der Waals surface area contributed by atoms with Crippen LogP contribution in [0.4, 0.5) is 0 Å². The smallest absolute Gasteiger partial charge is 0.182 e. The monoisotopic (exact) mass is 306 g/mol. The number of nitrogens with zero attached hydrogens (tertiary/aromatic N) is 3. The van der Waals surface area contributed by atoms with Crippen molar-refractivity contribution in [3.63, 3.8) is 0 Å². The third-order valence-electron chi connectivity index (χ3n) is 2.43. The Bertz CT molecular complexity index is 746. The summed E-state index contributed by atoms with van der Waals surface area (Å²) in [6.45, 7) is 0. The van der Waals surface area contributed by atoms with E-state index in [-0.39, 0.29) is 0 Å². The Morgan fingerprint density at radius 3 is 2.94 bits per heavy atom. The van der Waals surface area contributed by atoms with Crippen molar-refractivity contribution < 1.29 is 0 Å². The van der Waals surface area contributed by atoms with Crippen LogP contribution in [0.5, 0.6) is 0 Å². The topological polar surface area (TPSA) is 46.5 Å². The summed E-state index contributed by atoms with van der Waals surface area (Å²) < 4.78 is 3.48. The predicted molar refractivity (Wildman–Crippen MR) is 71.7 cm³/mol. The molecule has 4 nitrogen and oxygen atoms in total. The lowest BCUT2D eigenvalue weighted by Crippen LogP contribution is -1.94. The third-order valence-corrected chi connectivity index (χ3v) is 3.15. The van der Waals surface area contributed by atoms with E-state index in [1.807, 2.05) is 16.7 Å². The van der Waals surface area contributed by atoms with Gasteiger partial charge in [-0.3, -0.25) is 14.5 Å². The molecule has 3 heterocycles. The zero-order valence-electron chi connectivity index (χ0n) is 8.59. The number of halogens is 1. The number of pyridine rings is 2. The molecule has 0 radical (unpaired) electrons. The van der Waals surface area contributed by atoms with Crippen LogP contribution in [0.1, 0.15) is 0 Å². The molecule has 0 aromatic carbocycles. The first-order valence-corrected chi connectivity index (χ1v) is 6.11. The van der Waals surface area contributed by atoms with Crippen molar-refractivity contribution in [3.8, 4) is 5.69 Å². The minimum Gasteiger partial charge on any atom is -0.329 e. The molecule has 0 fully saturated rings. The first-order valence-electron chi connectivity index (χ1n) is 4.91. The van der Waals surface area contributed by atoms with Gasteiger partial charge in [-0.25, -0.2) is 0 Å². The van der Waals surface area contributed by atoms with Gasteiger partial charge < -0.3 is 4.98 Å². The minimum atomic E-state index is 0.632. The van der Waals surface area contributed by atoms with Crippen LogP contribution < -0.4 is 0 Å². The van der Waals surface area contributed by atoms with Crippen molar-refractivity contribution in [2.24, 2.45) is 0 Å². The Hall–Kier alpha value is -1.53. The van der Waals surface area contributed by atoms with Crippen molar-refractivity contribution in [1.29, 1.82) is 0 Å². The number of aromatic nitrogens is 4. The molecule has 0 spiro atoms. The predicted octanol–water partition coefficient (Wildman–Crippen LogP) is 3.24. The number of rotatable bonds is 1. The maximum Gasteiger partial charge on any atom is 0.182 e. The summed E-state index contributed by atoms with van der Waals surface area (Å²) >= 11 is 8.72. The highest BCUT2D eigenvalue weighted by molar-refractivity contribution is 9.10. The van der Waals surface area contributed by atoms with Gasteiger partial charge in [0.1, 0.15) is 0 Å². The van der Waals surface area contributed by atoms with Crippen LogP contribution in [-0.4, -0.2) is 19.5 Å². The lowest BCUT2D eigenvalue weighted by Gasteiger charge is -2.03. The van der Waals surface area contributed by atoms with E-state index in [1.165, 1.54) is 0 Å². The average molecular weight is 307 g/mol. The second-order valence-corrected chi connectivity index (χ2v) is 4.82. The van der Waals surface area contributed by atoms with Gasteiger partial charge in [-0.1, -0.05) is 0 Å². The number of H-pyrrole nitrogens is 1. The van der Waals surface area contributed by atoms with E-state index in [0.29, 0.717) is 4.77 Å². The largest absolute Gasteiger partial charge is 0.329 e. The molecule has 0 saturated heterocycles. The van der Waals surface area contributed by atoms with Crippen molar-refractivity contribution in [3.05, 3.63) is 46.2 Å². The number of hydrogen-bond donors (Lipinski definition) is 1. The fourth-order valence-electron chi connectivity index (χ4n) is 1.74. The molecule has 0 bridgehead atoms. The van der Waals surface area contributed by atoms with Crippen LogP contribution in [0.15, 0.2) is 41.4 Å². The molecule has 0 aliphatic carbocycles. The molecule has 84 valence electrons. The van der Waals surface area contributed by atoms with Crippen LogP contribution in [0.3, 0.4) is 0 Å². The van der Waals surface area contributed by atoms with E-state index in [4.69, 9.17) is 12.2 Å². The maximum atomic E-state index is 5.31. The number of nitrogens with one attached hydrogen (secondary N) is 1. The van der Waals surface area contributed by atoms with Gasteiger partial charge in [0, 0.05) is 16.9 Å². The Kier molecular flexibility index (Phi) is 2.53. The molecule has 3 aromatic heterocycles. The molecule has 3 rings (SSSR count). The number of aromatic amines is 1. The summed E-state index contributed by atoms with van der Waals surface area (Å²) in [6, 6.07) is 3.89. The molecule has 6 heteroatoms. The van der Waals surface area contributed by atoms with Gasteiger partial charge in [0.25, 0.3) is 0 Å². The molecule has 0 amide bonds. The summed E-state index contributed by atoms with van der Waals surface area (Å²) in [5.41, 5.74) is 2.82. The number of imidazole rings is 1. The lowest BCUT2D eigenvalue weighted by molar-refractivity contribution is 1.04. The minimum absolute atomic E-state index is 0.632. The van der Waals surface area contributed by atoms with Crippen molar-refractivity contribution in [1.82, 2.24) is 19.5 Å². The molecule has 0 atom stereocenters. The van der Waals surface area contributed by atoms with E-state index >= 15 is 0 Å². The van der Waals surface area contributed by atoms with Crippen LogP contribution >= 0.6 is 28.1 Å². The zero-order valence-corrected chi connectivity index (χ0v) is 11.0. The van der Waals surface area contributed by atoms with Crippen LogP contribution in [0.2, 0.25) is 0 Å². The highest BCUT2D eigenvalue weighted by Crippen LogP contribution is 2.20. The van der Waals surface area contributed by atoms with Gasteiger partial charge in [0.05, 0.1) is 29.1 Å². The number of fused-ring (bicyclic) bond motifs is 1. The average Bonchev–Trinajstić information content (AvgIpc) is 2.64. The van der Waals surface area contributed by atoms with Crippen LogP contribution in [-0.2, 0) is 0 Å². The fraction of sp³-hybridized carbons (Fsp3) is 0. The zero-order chi connectivity index (χ0) is 11.8. The van der Waals surface area contributed by atoms with E-state index in [9.17, 15) is 0 Å². The molecular weight excluding hydrogens is 300 g/mol. The number of hydrogen-bond acceptors (Lipinski definition) is 3. The van der Waals surface area contributed by atoms with Gasteiger partial charge >= 0.3 is 0 Å². The van der Waals surface area contributed by atoms with E-state index in [0.717, 1.165) is 21.2 Å². The molecule has 17 heavy (non-hydrogen) atoms. The van der Waals surface area contributed by atoms with Crippen LogP contribution in [0.25, 0.3) is 16.7 Å². The van der Waals surface area contributed by atoms with Crippen molar-refractivity contribution >= 4 is 39.2 Å². The third kappa shape index (κ3) is 1.79. The molecule has 0 saturated carbocycles. The molecule has 0 unspecified atom stereocenters. The van der Waals surface area contributed by atoms with Crippen molar-refractivity contribution in [2.75, 3.05) is 0 Å². The van der Waals surface area contributed by atoms with E-state index in [1.54, 1.807) is 24.8 Å². The Morgan fingerprint density at radius 1 is 1.24 bits per heavy atom. The summed E-state index contributed by atoms with van der Waals surface area (Å²) in [5.74, 6) is 0. The normalized spacial score (nSPS) is 10.9. The summed E-state index contributed by atoms with van der Waals surface area (Å²) in [7, 11) is 0. The standard InChI is InChI=1S/C11H7BrN4S/c12-7-3-8(5-14-4-7)16-10-1-2-13-6-9(10)15-11(16)17/h1-6H,(H,15,17). The van der Waals surface area contributed by atoms with Crippen LogP contribution in [0, 0.1) is 4.77 Å². The molecule has 3 aromatic rings. The van der Waals surface area contributed by atoms with Gasteiger partial charge in [-0.2, -0.15) is 0 Å². The lowest BCUT2D eigenvalue weighted by atomic mass is 10.3. The highest BCUT2D eigenvalue weighted by Gasteiger charge is 2.06. The fourth-order valence-corrected chi connectivity index (χ4v) is 2.40. The quantitative estimate of drug-likeness (QED) is 0.702. The molecule has 0 aliphatic rings. The maximum absolute atomic E-state index is 5.31. The SMILES string of the molecule is S=c1[nH]c2cnccc2n1-c1cncc(Br)c1. The molecule has 0 aliphatic heterocycles. The van der Waals surface area contributed by atoms with E-state index < -0.39 is 0 Å². The summed E-state index contributed by atoms with van der Waals surface area (Å²) in [4.78, 5) is 11.3. The molecule has 1 N–H and O–H groups in total. The van der Waals surface area contributed by atoms with Gasteiger partial charge in [0.15, 0.2) is 4.77 Å². The van der Waals surface area contributed by atoms with Gasteiger partial charge in [-0.05, 0) is 40.3 Å². The highest BCUT2D eigenvalue weighted by atomic mass is 79.9. The van der Waals surface area contributed by atoms with E-state index in [2.05, 4.69) is 30.9 Å². The van der Waals surface area contributed by atoms with Gasteiger partial charge in [0.2, 0.25) is 0 Å². The Morgan fingerprint density at radius 2 is 2.12 bits per heavy atom. The second-order valence-electron chi connectivity index (χ2n) is 3.52. The van der Waals surface area contributed by atoms with Crippen molar-refractivity contribution in [2.45, 2.75) is 0 Å². The summed E-state index contributed by atoms with van der Waals surface area (Å²) in [5, 5.41) is 0. The Balaban J connectivity index is 2.37. The second kappa shape index (κ2) is 4.05. The first-order chi connectivity index (χ1) is 8.25. The van der Waals surface area contributed by atoms with Gasteiger partial charge in [-0.15, -0.1) is 0 Å². The first kappa shape index (κ1) is 10.6. The molecular formula is C11H7BrN4S.